The van der Waals surface area contributed by atoms with E-state index >= 15 is 0 Å². The number of carbonyl (C=O) groups excluding carboxylic acids is 1. The van der Waals surface area contributed by atoms with E-state index in [4.69, 9.17) is 4.74 Å². The van der Waals surface area contributed by atoms with Crippen LogP contribution in [0.25, 0.3) is 0 Å². The molecule has 0 aromatic rings. The topological polar surface area (TPSA) is 38.3 Å². The van der Waals surface area contributed by atoms with Gasteiger partial charge in [0.1, 0.15) is 0 Å². The highest BCUT2D eigenvalue weighted by Gasteiger charge is 2.36. The molecule has 4 heteroatoms. The predicted octanol–water partition coefficient (Wildman–Crippen LogP) is 1.03. The molecule has 1 rings (SSSR count). The zero-order chi connectivity index (χ0) is 10.1. The summed E-state index contributed by atoms with van der Waals surface area (Å²) >= 11 is 0. The van der Waals surface area contributed by atoms with Crippen LogP contribution in [0.4, 0.5) is 4.39 Å². The molecule has 0 spiro atoms. The molecule has 1 aliphatic rings. The maximum Gasteiger partial charge on any atom is 0.257 e. The van der Waals surface area contributed by atoms with Gasteiger partial charge in [-0.3, -0.25) is 4.79 Å². The molecule has 0 radical (unpaired) electrons. The molecule has 13 heavy (non-hydrogen) atoms. The Morgan fingerprint density at radius 3 is 2.62 bits per heavy atom. The number of alkyl halides is 1. The minimum atomic E-state index is -1.81. The van der Waals surface area contributed by atoms with Crippen molar-refractivity contribution < 1.29 is 13.9 Å². The summed E-state index contributed by atoms with van der Waals surface area (Å²) in [5, 5.41) is 2.66. The first-order valence-electron chi connectivity index (χ1n) is 4.43. The highest BCUT2D eigenvalue weighted by molar-refractivity contribution is 5.84. The third kappa shape index (κ3) is 2.66. The van der Waals surface area contributed by atoms with Crippen LogP contribution in [0.3, 0.4) is 0 Å². The molecule has 1 unspecified atom stereocenters. The molecular formula is C9H16FNO2. The minimum Gasteiger partial charge on any atom is -0.379 e. The number of rotatable bonds is 2. The Hall–Kier alpha value is -0.640. The smallest absolute Gasteiger partial charge is 0.257 e. The Balaban J connectivity index is 2.53. The first kappa shape index (κ1) is 10.4. The highest BCUT2D eigenvalue weighted by atomic mass is 19.1. The lowest BCUT2D eigenvalue weighted by molar-refractivity contribution is -0.132. The van der Waals surface area contributed by atoms with Gasteiger partial charge < -0.3 is 10.1 Å². The van der Waals surface area contributed by atoms with Crippen LogP contribution in [0.2, 0.25) is 0 Å². The number of hydrogen-bond acceptors (Lipinski definition) is 2. The van der Waals surface area contributed by atoms with Gasteiger partial charge in [0.25, 0.3) is 5.91 Å². The summed E-state index contributed by atoms with van der Waals surface area (Å²) in [6.07, 6.45) is 0.745. The van der Waals surface area contributed by atoms with Gasteiger partial charge in [0, 0.05) is 6.61 Å². The highest BCUT2D eigenvalue weighted by Crippen LogP contribution is 2.19. The number of halogens is 1. The summed E-state index contributed by atoms with van der Waals surface area (Å²) < 4.78 is 18.3. The van der Waals surface area contributed by atoms with Crippen LogP contribution < -0.4 is 5.32 Å². The van der Waals surface area contributed by atoms with Crippen molar-refractivity contribution in [3.05, 3.63) is 0 Å². The third-order valence-electron chi connectivity index (χ3n) is 2.17. The Labute approximate surface area is 77.6 Å². The first-order chi connectivity index (χ1) is 5.83. The molecule has 1 saturated heterocycles. The van der Waals surface area contributed by atoms with E-state index in [2.05, 4.69) is 5.32 Å². The summed E-state index contributed by atoms with van der Waals surface area (Å²) in [5.74, 6) is -0.569. The molecule has 1 N–H and O–H groups in total. The summed E-state index contributed by atoms with van der Waals surface area (Å²) in [7, 11) is 0. The van der Waals surface area contributed by atoms with Gasteiger partial charge in [0.2, 0.25) is 0 Å². The van der Waals surface area contributed by atoms with Crippen LogP contribution >= 0.6 is 0 Å². The second-order valence-corrected chi connectivity index (χ2v) is 4.29. The molecule has 0 bridgehead atoms. The maximum atomic E-state index is 13.2. The molecule has 1 heterocycles. The quantitative estimate of drug-likeness (QED) is 0.704. The number of hydrogen-bond donors (Lipinski definition) is 1. The molecule has 1 aliphatic heterocycles. The van der Waals surface area contributed by atoms with Crippen LogP contribution in [0.1, 0.15) is 27.2 Å². The van der Waals surface area contributed by atoms with Gasteiger partial charge >= 0.3 is 0 Å². The van der Waals surface area contributed by atoms with Crippen molar-refractivity contribution in [3.63, 3.8) is 0 Å². The van der Waals surface area contributed by atoms with Crippen molar-refractivity contribution in [2.75, 3.05) is 13.2 Å². The predicted molar refractivity (Wildman–Crippen MR) is 47.2 cm³/mol. The Morgan fingerprint density at radius 2 is 2.23 bits per heavy atom. The molecule has 3 nitrogen and oxygen atoms in total. The van der Waals surface area contributed by atoms with Crippen molar-refractivity contribution in [3.8, 4) is 0 Å². The van der Waals surface area contributed by atoms with E-state index in [1.807, 2.05) is 6.92 Å². The number of nitrogens with one attached hydrogen (secondary N) is 1. The average molecular weight is 189 g/mol. The lowest BCUT2D eigenvalue weighted by atomic mass is 10.00. The second-order valence-electron chi connectivity index (χ2n) is 4.29. The van der Waals surface area contributed by atoms with E-state index in [0.29, 0.717) is 13.2 Å². The van der Waals surface area contributed by atoms with Crippen LogP contribution in [-0.2, 0) is 9.53 Å². The largest absolute Gasteiger partial charge is 0.379 e. The normalized spacial score (nSPS) is 28.9. The molecule has 1 fully saturated rings. The Kier molecular flexibility index (Phi) is 2.61. The van der Waals surface area contributed by atoms with Gasteiger partial charge in [0.05, 0.1) is 12.1 Å². The summed E-state index contributed by atoms with van der Waals surface area (Å²) in [5.41, 5.74) is -2.20. The second kappa shape index (κ2) is 3.25. The summed E-state index contributed by atoms with van der Waals surface area (Å²) in [4.78, 5) is 11.3. The molecule has 1 atom stereocenters. The molecule has 0 aromatic carbocycles. The van der Waals surface area contributed by atoms with Gasteiger partial charge in [-0.1, -0.05) is 0 Å². The fourth-order valence-electron chi connectivity index (χ4n) is 1.19. The van der Waals surface area contributed by atoms with E-state index in [-0.39, 0.29) is 5.54 Å². The zero-order valence-corrected chi connectivity index (χ0v) is 8.32. The van der Waals surface area contributed by atoms with Gasteiger partial charge in [0.15, 0.2) is 5.67 Å². The SMILES string of the molecule is CC1(NC(=O)C(C)(C)F)CCOC1. The van der Waals surface area contributed by atoms with Crippen LogP contribution in [0.5, 0.6) is 0 Å². The monoisotopic (exact) mass is 189 g/mol. The van der Waals surface area contributed by atoms with Gasteiger partial charge in [-0.25, -0.2) is 4.39 Å². The van der Waals surface area contributed by atoms with E-state index in [0.717, 1.165) is 6.42 Å². The Morgan fingerprint density at radius 1 is 1.62 bits per heavy atom. The lowest BCUT2D eigenvalue weighted by Gasteiger charge is -2.26. The maximum absolute atomic E-state index is 13.2. The van der Waals surface area contributed by atoms with E-state index < -0.39 is 11.6 Å². The van der Waals surface area contributed by atoms with Crippen molar-refractivity contribution in [1.29, 1.82) is 0 Å². The van der Waals surface area contributed by atoms with E-state index in [1.165, 1.54) is 13.8 Å². The van der Waals surface area contributed by atoms with Crippen molar-refractivity contribution in [2.24, 2.45) is 0 Å². The van der Waals surface area contributed by atoms with Gasteiger partial charge in [-0.15, -0.1) is 0 Å². The molecule has 1 amide bonds. The molecule has 0 aromatic heterocycles. The molecule has 0 saturated carbocycles. The van der Waals surface area contributed by atoms with Crippen LogP contribution in [0.15, 0.2) is 0 Å². The fourth-order valence-corrected chi connectivity index (χ4v) is 1.19. The van der Waals surface area contributed by atoms with Gasteiger partial charge in [-0.2, -0.15) is 0 Å². The summed E-state index contributed by atoms with van der Waals surface area (Å²) in [6.45, 7) is 5.46. The third-order valence-corrected chi connectivity index (χ3v) is 2.17. The number of ether oxygens (including phenoxy) is 1. The number of carbonyl (C=O) groups is 1. The molecule has 0 aliphatic carbocycles. The lowest BCUT2D eigenvalue weighted by Crippen LogP contribution is -2.52. The number of amides is 1. The van der Waals surface area contributed by atoms with Crippen LogP contribution in [0, 0.1) is 0 Å². The van der Waals surface area contributed by atoms with Crippen molar-refractivity contribution in [2.45, 2.75) is 38.4 Å². The van der Waals surface area contributed by atoms with Gasteiger partial charge in [-0.05, 0) is 27.2 Å². The van der Waals surface area contributed by atoms with Crippen molar-refractivity contribution in [1.82, 2.24) is 5.32 Å². The molecule has 76 valence electrons. The first-order valence-corrected chi connectivity index (χ1v) is 4.43. The fraction of sp³-hybridized carbons (Fsp3) is 0.889. The minimum absolute atomic E-state index is 0.388. The van der Waals surface area contributed by atoms with E-state index in [9.17, 15) is 9.18 Å². The standard InChI is InChI=1S/C9H16FNO2/c1-8(2,10)7(12)11-9(3)4-5-13-6-9/h4-6H2,1-3H3,(H,11,12). The zero-order valence-electron chi connectivity index (χ0n) is 8.32. The van der Waals surface area contributed by atoms with E-state index in [1.54, 1.807) is 0 Å². The van der Waals surface area contributed by atoms with Crippen LogP contribution in [-0.4, -0.2) is 30.3 Å². The molecular weight excluding hydrogens is 173 g/mol. The summed E-state index contributed by atoms with van der Waals surface area (Å²) in [6, 6.07) is 0. The average Bonchev–Trinajstić information content (AvgIpc) is 2.33. The Bertz CT molecular complexity index is 204. The van der Waals surface area contributed by atoms with Crippen molar-refractivity contribution >= 4 is 5.91 Å².